The van der Waals surface area contributed by atoms with E-state index in [2.05, 4.69) is 4.98 Å². The SMILES string of the molecule is CC(C)(C)OC(=O)N(CCF)[C@H]1CCN([C@H](c2ccc(Cl)nc2)C(F)(F)F)C1. The van der Waals surface area contributed by atoms with E-state index in [0.717, 1.165) is 6.20 Å². The molecule has 2 rings (SSSR count). The smallest absolute Gasteiger partial charge is 0.410 e. The fraction of sp³-hybridized carbons (Fsp3) is 0.667. The molecule has 0 unspecified atom stereocenters. The van der Waals surface area contributed by atoms with Gasteiger partial charge in [-0.2, -0.15) is 13.2 Å². The summed E-state index contributed by atoms with van der Waals surface area (Å²) < 4.78 is 59.5. The van der Waals surface area contributed by atoms with E-state index in [1.807, 2.05) is 0 Å². The van der Waals surface area contributed by atoms with Crippen LogP contribution < -0.4 is 0 Å². The minimum atomic E-state index is -4.54. The maximum absolute atomic E-state index is 13.7. The number of pyridine rings is 1. The van der Waals surface area contributed by atoms with Crippen LogP contribution in [0.15, 0.2) is 18.3 Å². The third-order valence-corrected chi connectivity index (χ3v) is 4.55. The van der Waals surface area contributed by atoms with Gasteiger partial charge in [0.15, 0.2) is 0 Å². The lowest BCUT2D eigenvalue weighted by Crippen LogP contribution is -2.46. The number of alkyl halides is 4. The van der Waals surface area contributed by atoms with Gasteiger partial charge in [-0.15, -0.1) is 0 Å². The van der Waals surface area contributed by atoms with Crippen LogP contribution in [0, 0.1) is 0 Å². The molecule has 5 nitrogen and oxygen atoms in total. The number of amides is 1. The standard InChI is InChI=1S/C18H24ClF4N3O2/c1-17(2,3)28-16(27)26(9-7-20)13-6-8-25(11-13)15(18(21,22)23)12-4-5-14(19)24-10-12/h4-5,10,13,15H,6-9,11H2,1-3H3/t13-,15+/m0/s1. The lowest BCUT2D eigenvalue weighted by Gasteiger charge is -2.33. The van der Waals surface area contributed by atoms with Gasteiger partial charge in [-0.1, -0.05) is 17.7 Å². The van der Waals surface area contributed by atoms with E-state index < -0.39 is 36.6 Å². The molecule has 0 bridgehead atoms. The molecule has 0 N–H and O–H groups in total. The first-order chi connectivity index (χ1) is 12.9. The van der Waals surface area contributed by atoms with Gasteiger partial charge in [-0.05, 0) is 38.8 Å². The van der Waals surface area contributed by atoms with Crippen molar-refractivity contribution in [1.29, 1.82) is 0 Å². The predicted octanol–water partition coefficient (Wildman–Crippen LogP) is 4.62. The van der Waals surface area contributed by atoms with Crippen molar-refractivity contribution in [2.75, 3.05) is 26.3 Å². The van der Waals surface area contributed by atoms with Crippen LogP contribution in [-0.2, 0) is 4.74 Å². The summed E-state index contributed by atoms with van der Waals surface area (Å²) in [6.45, 7) is 4.04. The molecule has 1 amide bonds. The third-order valence-electron chi connectivity index (χ3n) is 4.33. The Balaban J connectivity index is 2.19. The lowest BCUT2D eigenvalue weighted by molar-refractivity contribution is -0.184. The molecule has 0 radical (unpaired) electrons. The van der Waals surface area contributed by atoms with E-state index in [4.69, 9.17) is 16.3 Å². The minimum Gasteiger partial charge on any atom is -0.444 e. The molecule has 158 valence electrons. The number of hydrogen-bond donors (Lipinski definition) is 0. The second-order valence-electron chi connectivity index (χ2n) is 7.66. The van der Waals surface area contributed by atoms with Crippen molar-refractivity contribution in [3.05, 3.63) is 29.0 Å². The molecule has 1 fully saturated rings. The number of likely N-dealkylation sites (tertiary alicyclic amines) is 1. The van der Waals surface area contributed by atoms with Crippen LogP contribution in [0.3, 0.4) is 0 Å². The Morgan fingerprint density at radius 1 is 1.39 bits per heavy atom. The first-order valence-electron chi connectivity index (χ1n) is 8.90. The summed E-state index contributed by atoms with van der Waals surface area (Å²) >= 11 is 5.68. The van der Waals surface area contributed by atoms with Gasteiger partial charge in [-0.3, -0.25) is 4.90 Å². The maximum Gasteiger partial charge on any atom is 0.410 e. The molecule has 10 heteroatoms. The van der Waals surface area contributed by atoms with E-state index in [0.29, 0.717) is 0 Å². The van der Waals surface area contributed by atoms with E-state index in [9.17, 15) is 22.4 Å². The molecule has 1 aromatic rings. The van der Waals surface area contributed by atoms with Crippen molar-refractivity contribution >= 4 is 17.7 Å². The summed E-state index contributed by atoms with van der Waals surface area (Å²) in [4.78, 5) is 18.5. The van der Waals surface area contributed by atoms with Gasteiger partial charge < -0.3 is 9.64 Å². The van der Waals surface area contributed by atoms with Crippen LogP contribution in [0.4, 0.5) is 22.4 Å². The fourth-order valence-corrected chi connectivity index (χ4v) is 3.36. The highest BCUT2D eigenvalue weighted by atomic mass is 35.5. The van der Waals surface area contributed by atoms with E-state index in [-0.39, 0.29) is 36.8 Å². The molecule has 1 aliphatic heterocycles. The second-order valence-corrected chi connectivity index (χ2v) is 8.05. The average molecular weight is 426 g/mol. The molecule has 2 atom stereocenters. The predicted molar refractivity (Wildman–Crippen MR) is 96.9 cm³/mol. The Hall–Kier alpha value is -1.61. The third kappa shape index (κ3) is 5.94. The Morgan fingerprint density at radius 2 is 2.07 bits per heavy atom. The van der Waals surface area contributed by atoms with E-state index in [1.54, 1.807) is 20.8 Å². The normalized spacial score (nSPS) is 19.5. The Bertz CT molecular complexity index is 664. The molecule has 0 spiro atoms. The highest BCUT2D eigenvalue weighted by Gasteiger charge is 2.48. The van der Waals surface area contributed by atoms with Gasteiger partial charge >= 0.3 is 12.3 Å². The van der Waals surface area contributed by atoms with Crippen LogP contribution in [-0.4, -0.2) is 65.0 Å². The Labute approximate surface area is 166 Å². The number of ether oxygens (including phenoxy) is 1. The van der Waals surface area contributed by atoms with Crippen LogP contribution in [0.5, 0.6) is 0 Å². The molecule has 1 aromatic heterocycles. The average Bonchev–Trinajstić information content (AvgIpc) is 3.00. The lowest BCUT2D eigenvalue weighted by atomic mass is 10.1. The van der Waals surface area contributed by atoms with Crippen molar-refractivity contribution in [3.8, 4) is 0 Å². The van der Waals surface area contributed by atoms with Crippen molar-refractivity contribution in [1.82, 2.24) is 14.8 Å². The quantitative estimate of drug-likeness (QED) is 0.510. The maximum atomic E-state index is 13.7. The molecule has 0 saturated carbocycles. The number of nitrogens with zero attached hydrogens (tertiary/aromatic N) is 3. The molecule has 0 aromatic carbocycles. The summed E-state index contributed by atoms with van der Waals surface area (Å²) in [6.07, 6.45) is -3.89. The molecule has 2 heterocycles. The summed E-state index contributed by atoms with van der Waals surface area (Å²) in [5.74, 6) is 0. The van der Waals surface area contributed by atoms with Gasteiger partial charge in [0.1, 0.15) is 23.5 Å². The zero-order valence-electron chi connectivity index (χ0n) is 16.0. The van der Waals surface area contributed by atoms with E-state index >= 15 is 0 Å². The molecule has 0 aliphatic carbocycles. The van der Waals surface area contributed by atoms with Crippen molar-refractivity contribution in [2.24, 2.45) is 0 Å². The highest BCUT2D eigenvalue weighted by Crippen LogP contribution is 2.40. The fourth-order valence-electron chi connectivity index (χ4n) is 3.25. The van der Waals surface area contributed by atoms with Crippen LogP contribution >= 0.6 is 11.6 Å². The highest BCUT2D eigenvalue weighted by molar-refractivity contribution is 6.29. The van der Waals surface area contributed by atoms with Crippen LogP contribution in [0.2, 0.25) is 5.15 Å². The summed E-state index contributed by atoms with van der Waals surface area (Å²) in [7, 11) is 0. The topological polar surface area (TPSA) is 45.7 Å². The number of halogens is 5. The largest absolute Gasteiger partial charge is 0.444 e. The number of rotatable bonds is 5. The monoisotopic (exact) mass is 425 g/mol. The second kappa shape index (κ2) is 8.82. The van der Waals surface area contributed by atoms with Crippen molar-refractivity contribution < 1.29 is 27.1 Å². The van der Waals surface area contributed by atoms with Gasteiger partial charge in [0.25, 0.3) is 0 Å². The molecular formula is C18H24ClF4N3O2. The Kier molecular flexibility index (Phi) is 7.14. The number of carbonyl (C=O) groups is 1. The van der Waals surface area contributed by atoms with Gasteiger partial charge in [0.05, 0.1) is 6.54 Å². The molecule has 28 heavy (non-hydrogen) atoms. The van der Waals surface area contributed by atoms with Gasteiger partial charge in [-0.25, -0.2) is 14.2 Å². The molecule has 1 saturated heterocycles. The number of carbonyl (C=O) groups excluding carboxylic acids is 1. The minimum absolute atomic E-state index is 0.0353. The molecule has 1 aliphatic rings. The van der Waals surface area contributed by atoms with E-state index in [1.165, 1.54) is 21.9 Å². The van der Waals surface area contributed by atoms with Gasteiger partial charge in [0, 0.05) is 25.3 Å². The summed E-state index contributed by atoms with van der Waals surface area (Å²) in [5, 5.41) is 0.100. The van der Waals surface area contributed by atoms with Crippen molar-refractivity contribution in [2.45, 2.75) is 51.1 Å². The molecular weight excluding hydrogens is 402 g/mol. The summed E-state index contributed by atoms with van der Waals surface area (Å²) in [5.41, 5.74) is -0.820. The first-order valence-corrected chi connectivity index (χ1v) is 9.28. The van der Waals surface area contributed by atoms with Gasteiger partial charge in [0.2, 0.25) is 0 Å². The first kappa shape index (κ1) is 22.7. The zero-order valence-corrected chi connectivity index (χ0v) is 16.7. The van der Waals surface area contributed by atoms with Crippen molar-refractivity contribution in [3.63, 3.8) is 0 Å². The number of aromatic nitrogens is 1. The number of hydrogen-bond acceptors (Lipinski definition) is 4. The van der Waals surface area contributed by atoms with Crippen LogP contribution in [0.25, 0.3) is 0 Å². The Morgan fingerprint density at radius 3 is 2.57 bits per heavy atom. The summed E-state index contributed by atoms with van der Waals surface area (Å²) in [6, 6.07) is 0.136. The van der Waals surface area contributed by atoms with Crippen LogP contribution in [0.1, 0.15) is 38.8 Å². The zero-order chi connectivity index (χ0) is 21.1.